The van der Waals surface area contributed by atoms with Gasteiger partial charge in [-0.25, -0.2) is 0 Å². The summed E-state index contributed by atoms with van der Waals surface area (Å²) < 4.78 is 0. The molecule has 1 rings (SSSR count). The summed E-state index contributed by atoms with van der Waals surface area (Å²) in [7, 11) is 0. The van der Waals surface area contributed by atoms with Crippen LogP contribution in [-0.4, -0.2) is 18.5 Å². The highest BCUT2D eigenvalue weighted by molar-refractivity contribution is 6.17. The molecule has 1 unspecified atom stereocenters. The zero-order valence-corrected chi connectivity index (χ0v) is 9.43. The fourth-order valence-corrected chi connectivity index (χ4v) is 1.86. The molecule has 0 aliphatic heterocycles. The molecule has 1 aromatic carbocycles. The minimum absolute atomic E-state index is 0.514. The fourth-order valence-electron chi connectivity index (χ4n) is 1.60. The average Bonchev–Trinajstić information content (AvgIpc) is 2.20. The van der Waals surface area contributed by atoms with Crippen LogP contribution in [0, 0.1) is 0 Å². The summed E-state index contributed by atoms with van der Waals surface area (Å²) in [6.45, 7) is 3.14. The second-order valence-corrected chi connectivity index (χ2v) is 3.80. The van der Waals surface area contributed by atoms with Crippen molar-refractivity contribution < 1.29 is 0 Å². The molecule has 2 heteroatoms. The molecule has 0 aromatic heterocycles. The third-order valence-electron chi connectivity index (χ3n) is 2.28. The van der Waals surface area contributed by atoms with Gasteiger partial charge in [0.15, 0.2) is 0 Å². The lowest BCUT2D eigenvalue weighted by Crippen LogP contribution is -2.31. The van der Waals surface area contributed by atoms with Crippen LogP contribution in [0.4, 0.5) is 0 Å². The lowest BCUT2D eigenvalue weighted by atomic mass is 10.0. The average molecular weight is 212 g/mol. The van der Waals surface area contributed by atoms with Crippen molar-refractivity contribution in [3.63, 3.8) is 0 Å². The summed E-state index contributed by atoms with van der Waals surface area (Å²) in [5, 5.41) is 3.45. The first kappa shape index (κ1) is 11.5. The van der Waals surface area contributed by atoms with Crippen molar-refractivity contribution in [2.75, 3.05) is 12.4 Å². The van der Waals surface area contributed by atoms with E-state index in [9.17, 15) is 0 Å². The van der Waals surface area contributed by atoms with Crippen LogP contribution in [0.2, 0.25) is 0 Å². The third kappa shape index (κ3) is 4.12. The minimum Gasteiger partial charge on any atom is -0.314 e. The Balaban J connectivity index is 2.46. The van der Waals surface area contributed by atoms with Gasteiger partial charge >= 0.3 is 0 Å². The molecule has 1 aromatic rings. The van der Waals surface area contributed by atoms with Gasteiger partial charge in [-0.05, 0) is 24.9 Å². The van der Waals surface area contributed by atoms with Gasteiger partial charge in [0.25, 0.3) is 0 Å². The number of hydrogen-bond acceptors (Lipinski definition) is 1. The Morgan fingerprint density at radius 3 is 2.57 bits per heavy atom. The summed E-state index contributed by atoms with van der Waals surface area (Å²) in [4.78, 5) is 0. The fraction of sp³-hybridized carbons (Fsp3) is 0.500. The molecule has 0 spiro atoms. The molecule has 78 valence electrons. The number of alkyl halides is 1. The van der Waals surface area contributed by atoms with Gasteiger partial charge in [0.05, 0.1) is 0 Å². The van der Waals surface area contributed by atoms with E-state index in [2.05, 4.69) is 36.5 Å². The Bertz CT molecular complexity index is 229. The zero-order valence-electron chi connectivity index (χ0n) is 8.67. The molecule has 0 heterocycles. The largest absolute Gasteiger partial charge is 0.314 e. The van der Waals surface area contributed by atoms with Crippen molar-refractivity contribution in [1.29, 1.82) is 0 Å². The van der Waals surface area contributed by atoms with Gasteiger partial charge in [-0.15, -0.1) is 11.6 Å². The van der Waals surface area contributed by atoms with E-state index in [1.54, 1.807) is 0 Å². The number of rotatable bonds is 6. The SMILES string of the molecule is CCNC(CCCl)Cc1ccccc1. The molecule has 0 amide bonds. The number of halogens is 1. The van der Waals surface area contributed by atoms with Crippen LogP contribution in [0.3, 0.4) is 0 Å². The topological polar surface area (TPSA) is 12.0 Å². The Morgan fingerprint density at radius 1 is 1.29 bits per heavy atom. The second-order valence-electron chi connectivity index (χ2n) is 3.42. The lowest BCUT2D eigenvalue weighted by Gasteiger charge is -2.16. The first-order valence-electron chi connectivity index (χ1n) is 5.20. The van der Waals surface area contributed by atoms with Crippen LogP contribution < -0.4 is 5.32 Å². The van der Waals surface area contributed by atoms with Crippen molar-refractivity contribution in [2.24, 2.45) is 0 Å². The highest BCUT2D eigenvalue weighted by atomic mass is 35.5. The quantitative estimate of drug-likeness (QED) is 0.714. The van der Waals surface area contributed by atoms with Crippen LogP contribution in [0.1, 0.15) is 18.9 Å². The lowest BCUT2D eigenvalue weighted by molar-refractivity contribution is 0.512. The maximum atomic E-state index is 5.76. The molecule has 0 radical (unpaired) electrons. The van der Waals surface area contributed by atoms with Crippen molar-refractivity contribution in [3.05, 3.63) is 35.9 Å². The first-order valence-corrected chi connectivity index (χ1v) is 5.73. The maximum Gasteiger partial charge on any atom is 0.0238 e. The van der Waals surface area contributed by atoms with E-state index in [-0.39, 0.29) is 0 Å². The number of hydrogen-bond donors (Lipinski definition) is 1. The highest BCUT2D eigenvalue weighted by Crippen LogP contribution is 2.06. The second kappa shape index (κ2) is 6.86. The molecule has 0 aliphatic carbocycles. The molecular formula is C12H18ClN. The van der Waals surface area contributed by atoms with Crippen molar-refractivity contribution in [2.45, 2.75) is 25.8 Å². The molecule has 0 saturated carbocycles. The Kier molecular flexibility index (Phi) is 5.65. The van der Waals surface area contributed by atoms with E-state index >= 15 is 0 Å². The van der Waals surface area contributed by atoms with E-state index < -0.39 is 0 Å². The standard InChI is InChI=1S/C12H18ClN/c1-2-14-12(8-9-13)10-11-6-4-3-5-7-11/h3-7,12,14H,2,8-10H2,1H3. The Labute approximate surface area is 91.5 Å². The normalized spacial score (nSPS) is 12.7. The minimum atomic E-state index is 0.514. The molecule has 14 heavy (non-hydrogen) atoms. The molecule has 0 bridgehead atoms. The van der Waals surface area contributed by atoms with E-state index in [1.807, 2.05) is 6.07 Å². The maximum absolute atomic E-state index is 5.76. The van der Waals surface area contributed by atoms with Crippen molar-refractivity contribution in [3.8, 4) is 0 Å². The van der Waals surface area contributed by atoms with E-state index in [0.717, 1.165) is 25.3 Å². The highest BCUT2D eigenvalue weighted by Gasteiger charge is 2.06. The summed E-state index contributed by atoms with van der Waals surface area (Å²) in [6.07, 6.45) is 2.10. The first-order chi connectivity index (χ1) is 6.86. The van der Waals surface area contributed by atoms with Gasteiger partial charge in [-0.2, -0.15) is 0 Å². The predicted molar refractivity (Wildman–Crippen MR) is 62.9 cm³/mol. The number of nitrogens with one attached hydrogen (secondary N) is 1. The number of likely N-dealkylation sites (N-methyl/N-ethyl adjacent to an activating group) is 1. The summed E-state index contributed by atoms with van der Waals surface area (Å²) >= 11 is 5.76. The van der Waals surface area contributed by atoms with Gasteiger partial charge in [0.2, 0.25) is 0 Å². The zero-order chi connectivity index (χ0) is 10.2. The molecule has 0 aliphatic rings. The summed E-state index contributed by atoms with van der Waals surface area (Å²) in [6, 6.07) is 11.1. The van der Waals surface area contributed by atoms with E-state index in [1.165, 1.54) is 5.56 Å². The third-order valence-corrected chi connectivity index (χ3v) is 2.49. The van der Waals surface area contributed by atoms with E-state index in [0.29, 0.717) is 6.04 Å². The van der Waals surface area contributed by atoms with Crippen LogP contribution in [0.15, 0.2) is 30.3 Å². The molecule has 1 atom stereocenters. The number of benzene rings is 1. The van der Waals surface area contributed by atoms with Crippen molar-refractivity contribution >= 4 is 11.6 Å². The molecule has 0 fully saturated rings. The van der Waals surface area contributed by atoms with Crippen LogP contribution in [0.5, 0.6) is 0 Å². The molecule has 1 N–H and O–H groups in total. The Hall–Kier alpha value is -0.530. The van der Waals surface area contributed by atoms with Crippen LogP contribution >= 0.6 is 11.6 Å². The molecule has 0 saturated heterocycles. The molecule has 1 nitrogen and oxygen atoms in total. The summed E-state index contributed by atoms with van der Waals surface area (Å²) in [5.74, 6) is 0.727. The van der Waals surface area contributed by atoms with Gasteiger partial charge in [0.1, 0.15) is 0 Å². The Morgan fingerprint density at radius 2 is 2.00 bits per heavy atom. The molecular weight excluding hydrogens is 194 g/mol. The monoisotopic (exact) mass is 211 g/mol. The predicted octanol–water partition coefficient (Wildman–Crippen LogP) is 2.84. The van der Waals surface area contributed by atoms with Gasteiger partial charge in [-0.1, -0.05) is 37.3 Å². The van der Waals surface area contributed by atoms with Crippen LogP contribution in [0.25, 0.3) is 0 Å². The van der Waals surface area contributed by atoms with Gasteiger partial charge < -0.3 is 5.32 Å². The van der Waals surface area contributed by atoms with Gasteiger partial charge in [-0.3, -0.25) is 0 Å². The van der Waals surface area contributed by atoms with Gasteiger partial charge in [0, 0.05) is 11.9 Å². The summed E-state index contributed by atoms with van der Waals surface area (Å²) in [5.41, 5.74) is 1.38. The van der Waals surface area contributed by atoms with E-state index in [4.69, 9.17) is 11.6 Å². The van der Waals surface area contributed by atoms with Crippen LogP contribution in [-0.2, 0) is 6.42 Å². The smallest absolute Gasteiger partial charge is 0.0238 e. The van der Waals surface area contributed by atoms with Crippen molar-refractivity contribution in [1.82, 2.24) is 5.32 Å².